The SMILES string of the molecule is Cc1nc2ccc3n[nH]c(=O)n3c2nc1C. The highest BCUT2D eigenvalue weighted by molar-refractivity contribution is 5.74. The summed E-state index contributed by atoms with van der Waals surface area (Å²) in [6, 6.07) is 3.55. The third-order valence-corrected chi connectivity index (χ3v) is 2.61. The van der Waals surface area contributed by atoms with E-state index < -0.39 is 0 Å². The summed E-state index contributed by atoms with van der Waals surface area (Å²) in [5.74, 6) is 0. The summed E-state index contributed by atoms with van der Waals surface area (Å²) >= 11 is 0. The molecule has 6 nitrogen and oxygen atoms in total. The lowest BCUT2D eigenvalue weighted by atomic mass is 10.3. The second-order valence-corrected chi connectivity index (χ2v) is 3.66. The van der Waals surface area contributed by atoms with E-state index in [9.17, 15) is 4.79 Å². The van der Waals surface area contributed by atoms with E-state index >= 15 is 0 Å². The molecule has 0 atom stereocenters. The number of hydrogen-bond acceptors (Lipinski definition) is 4. The van der Waals surface area contributed by atoms with Crippen LogP contribution < -0.4 is 5.69 Å². The van der Waals surface area contributed by atoms with Crippen LogP contribution in [0.3, 0.4) is 0 Å². The summed E-state index contributed by atoms with van der Waals surface area (Å²) < 4.78 is 1.43. The molecule has 80 valence electrons. The summed E-state index contributed by atoms with van der Waals surface area (Å²) in [4.78, 5) is 20.3. The molecule has 0 spiro atoms. The largest absolute Gasteiger partial charge is 0.349 e. The molecule has 0 amide bonds. The fraction of sp³-hybridized carbons (Fsp3) is 0.200. The quantitative estimate of drug-likeness (QED) is 0.595. The van der Waals surface area contributed by atoms with Crippen molar-refractivity contribution in [2.45, 2.75) is 13.8 Å². The standard InChI is InChI=1S/C10H9N5O/c1-5-6(2)12-9-7(11-5)3-4-8-13-14-10(16)15(8)9/h3-4H,1-2H3,(H,14,16). The molecule has 0 fully saturated rings. The van der Waals surface area contributed by atoms with E-state index in [1.165, 1.54) is 4.40 Å². The van der Waals surface area contributed by atoms with Gasteiger partial charge in [-0.3, -0.25) is 0 Å². The van der Waals surface area contributed by atoms with Gasteiger partial charge in [0.25, 0.3) is 0 Å². The molecule has 0 saturated heterocycles. The first-order valence-corrected chi connectivity index (χ1v) is 4.88. The van der Waals surface area contributed by atoms with Gasteiger partial charge in [-0.2, -0.15) is 5.10 Å². The van der Waals surface area contributed by atoms with Crippen LogP contribution in [0.4, 0.5) is 0 Å². The lowest BCUT2D eigenvalue weighted by Crippen LogP contribution is -2.11. The van der Waals surface area contributed by atoms with Crippen LogP contribution in [0.2, 0.25) is 0 Å². The summed E-state index contributed by atoms with van der Waals surface area (Å²) in [7, 11) is 0. The van der Waals surface area contributed by atoms with Crippen molar-refractivity contribution in [3.63, 3.8) is 0 Å². The van der Waals surface area contributed by atoms with E-state index in [0.29, 0.717) is 16.8 Å². The van der Waals surface area contributed by atoms with Crippen LogP contribution in [0.5, 0.6) is 0 Å². The Balaban J connectivity index is 2.64. The number of aromatic amines is 1. The predicted octanol–water partition coefficient (Wildman–Crippen LogP) is 0.583. The minimum absolute atomic E-state index is 0.293. The van der Waals surface area contributed by atoms with Crippen molar-refractivity contribution < 1.29 is 0 Å². The van der Waals surface area contributed by atoms with E-state index in [0.717, 1.165) is 11.4 Å². The normalized spacial score (nSPS) is 11.4. The van der Waals surface area contributed by atoms with Gasteiger partial charge in [-0.25, -0.2) is 24.3 Å². The third kappa shape index (κ3) is 1.06. The van der Waals surface area contributed by atoms with Gasteiger partial charge in [-0.1, -0.05) is 0 Å². The first-order valence-electron chi connectivity index (χ1n) is 4.88. The molecule has 16 heavy (non-hydrogen) atoms. The Morgan fingerprint density at radius 1 is 1.19 bits per heavy atom. The maximum absolute atomic E-state index is 11.6. The Hall–Kier alpha value is -2.24. The monoisotopic (exact) mass is 215 g/mol. The van der Waals surface area contributed by atoms with Crippen LogP contribution >= 0.6 is 0 Å². The van der Waals surface area contributed by atoms with Crippen molar-refractivity contribution in [2.75, 3.05) is 0 Å². The zero-order valence-electron chi connectivity index (χ0n) is 8.85. The number of hydrogen-bond donors (Lipinski definition) is 1. The van der Waals surface area contributed by atoms with E-state index in [4.69, 9.17) is 0 Å². The zero-order valence-corrected chi connectivity index (χ0v) is 8.85. The molecule has 0 unspecified atom stereocenters. The molecule has 0 aliphatic rings. The summed E-state index contributed by atoms with van der Waals surface area (Å²) in [6.45, 7) is 3.76. The first-order chi connectivity index (χ1) is 7.66. The second-order valence-electron chi connectivity index (χ2n) is 3.66. The molecule has 6 heteroatoms. The van der Waals surface area contributed by atoms with Gasteiger partial charge in [0.1, 0.15) is 5.52 Å². The van der Waals surface area contributed by atoms with Crippen molar-refractivity contribution in [1.82, 2.24) is 24.6 Å². The molecule has 0 radical (unpaired) electrons. The van der Waals surface area contributed by atoms with Crippen LogP contribution in [0.15, 0.2) is 16.9 Å². The van der Waals surface area contributed by atoms with Crippen molar-refractivity contribution in [1.29, 1.82) is 0 Å². The topological polar surface area (TPSA) is 75.9 Å². The van der Waals surface area contributed by atoms with Crippen molar-refractivity contribution in [2.24, 2.45) is 0 Å². The second kappa shape index (κ2) is 2.88. The maximum Gasteiger partial charge on any atom is 0.349 e. The summed E-state index contributed by atoms with van der Waals surface area (Å²) in [6.07, 6.45) is 0. The highest BCUT2D eigenvalue weighted by atomic mass is 16.1. The van der Waals surface area contributed by atoms with Crippen LogP contribution in [0.1, 0.15) is 11.4 Å². The van der Waals surface area contributed by atoms with Gasteiger partial charge in [0.05, 0.1) is 11.4 Å². The van der Waals surface area contributed by atoms with E-state index in [1.54, 1.807) is 6.07 Å². The smallest absolute Gasteiger partial charge is 0.248 e. The molecule has 0 saturated carbocycles. The first kappa shape index (κ1) is 9.02. The number of pyridine rings is 1. The number of aromatic nitrogens is 5. The Kier molecular flexibility index (Phi) is 1.62. The Labute approximate surface area is 90.0 Å². The van der Waals surface area contributed by atoms with E-state index in [1.807, 2.05) is 19.9 Å². The van der Waals surface area contributed by atoms with E-state index in [2.05, 4.69) is 20.2 Å². The number of H-pyrrole nitrogens is 1. The highest BCUT2D eigenvalue weighted by Crippen LogP contribution is 2.12. The van der Waals surface area contributed by atoms with Gasteiger partial charge >= 0.3 is 5.69 Å². The summed E-state index contributed by atoms with van der Waals surface area (Å²) in [5, 5.41) is 6.27. The molecule has 3 heterocycles. The van der Waals surface area contributed by atoms with E-state index in [-0.39, 0.29) is 5.69 Å². The number of nitrogens with one attached hydrogen (secondary N) is 1. The molecule has 3 aromatic heterocycles. The molecule has 1 N–H and O–H groups in total. The highest BCUT2D eigenvalue weighted by Gasteiger charge is 2.08. The number of fused-ring (bicyclic) bond motifs is 3. The minimum atomic E-state index is -0.293. The van der Waals surface area contributed by atoms with Gasteiger partial charge < -0.3 is 0 Å². The Bertz CT molecular complexity index is 755. The fourth-order valence-corrected chi connectivity index (χ4v) is 1.66. The summed E-state index contributed by atoms with van der Waals surface area (Å²) in [5.41, 5.74) is 3.17. The van der Waals surface area contributed by atoms with Gasteiger partial charge in [0.15, 0.2) is 11.3 Å². The van der Waals surface area contributed by atoms with Gasteiger partial charge in [0, 0.05) is 0 Å². The van der Waals surface area contributed by atoms with Crippen LogP contribution in [-0.4, -0.2) is 24.6 Å². The average molecular weight is 215 g/mol. The minimum Gasteiger partial charge on any atom is -0.248 e. The molecule has 3 aromatic rings. The molecule has 0 aliphatic heterocycles. The third-order valence-electron chi connectivity index (χ3n) is 2.61. The van der Waals surface area contributed by atoms with Crippen LogP contribution in [-0.2, 0) is 0 Å². The Morgan fingerprint density at radius 3 is 2.75 bits per heavy atom. The molecular formula is C10H9N5O. The maximum atomic E-state index is 11.6. The number of rotatable bonds is 0. The van der Waals surface area contributed by atoms with Crippen molar-refractivity contribution >= 4 is 16.8 Å². The van der Waals surface area contributed by atoms with Gasteiger partial charge in [0.2, 0.25) is 0 Å². The number of aryl methyl sites for hydroxylation is 2. The molecule has 3 rings (SSSR count). The molecule has 0 bridgehead atoms. The van der Waals surface area contributed by atoms with Crippen LogP contribution in [0.25, 0.3) is 16.8 Å². The van der Waals surface area contributed by atoms with Gasteiger partial charge in [-0.05, 0) is 26.0 Å². The van der Waals surface area contributed by atoms with Crippen LogP contribution in [0, 0.1) is 13.8 Å². The fourth-order valence-electron chi connectivity index (χ4n) is 1.66. The zero-order chi connectivity index (χ0) is 11.3. The number of nitrogens with zero attached hydrogens (tertiary/aromatic N) is 4. The predicted molar refractivity (Wildman–Crippen MR) is 58.4 cm³/mol. The lowest BCUT2D eigenvalue weighted by Gasteiger charge is -2.02. The van der Waals surface area contributed by atoms with Gasteiger partial charge in [-0.15, -0.1) is 0 Å². The average Bonchev–Trinajstić information content (AvgIpc) is 2.63. The molecule has 0 aromatic carbocycles. The molecular weight excluding hydrogens is 206 g/mol. The van der Waals surface area contributed by atoms with Crippen molar-refractivity contribution in [3.8, 4) is 0 Å². The lowest BCUT2D eigenvalue weighted by molar-refractivity contribution is 1.01. The Morgan fingerprint density at radius 2 is 1.94 bits per heavy atom. The molecule has 0 aliphatic carbocycles. The van der Waals surface area contributed by atoms with Crippen molar-refractivity contribution in [3.05, 3.63) is 34.0 Å².